The van der Waals surface area contributed by atoms with Crippen molar-refractivity contribution < 1.29 is 14.3 Å². The zero-order valence-electron chi connectivity index (χ0n) is 11.3. The third-order valence-corrected chi connectivity index (χ3v) is 5.96. The zero-order chi connectivity index (χ0) is 12.7. The molecule has 5 atom stereocenters. The normalized spacial score (nSPS) is 53.5. The molecule has 3 fully saturated rings. The fraction of sp³-hybridized carbons (Fsp3) is 0.800. The maximum absolute atomic E-state index is 11.7. The molecule has 98 valence electrons. The lowest BCUT2D eigenvalue weighted by Crippen LogP contribution is -2.65. The molecule has 1 saturated carbocycles. The summed E-state index contributed by atoms with van der Waals surface area (Å²) in [4.78, 5) is 11.7. The Hall–Kier alpha value is -0.830. The monoisotopic (exact) mass is 248 g/mol. The molecule has 18 heavy (non-hydrogen) atoms. The van der Waals surface area contributed by atoms with Gasteiger partial charge in [0.05, 0.1) is 11.2 Å². The molecule has 0 radical (unpaired) electrons. The molecule has 0 unspecified atom stereocenters. The van der Waals surface area contributed by atoms with Crippen LogP contribution >= 0.6 is 0 Å². The standard InChI is InChI=1S/C15H20O3/c1-8-4-5-12-14(3)7-11-10(6-15(8,12)18-14)9(2)13(16)17-11/h8,11-12H,4-7H2,1-3H3/t8-,11+,12+,14+,15+/m0/s1. The minimum absolute atomic E-state index is 0.00801. The summed E-state index contributed by atoms with van der Waals surface area (Å²) < 4.78 is 11.9. The van der Waals surface area contributed by atoms with Gasteiger partial charge in [-0.3, -0.25) is 0 Å². The minimum atomic E-state index is -0.112. The van der Waals surface area contributed by atoms with E-state index < -0.39 is 0 Å². The molecule has 0 amide bonds. The van der Waals surface area contributed by atoms with Crippen LogP contribution in [0.25, 0.3) is 0 Å². The molecular weight excluding hydrogens is 228 g/mol. The molecule has 4 aliphatic rings. The summed E-state index contributed by atoms with van der Waals surface area (Å²) in [6, 6.07) is 0. The maximum Gasteiger partial charge on any atom is 0.334 e. The fourth-order valence-corrected chi connectivity index (χ4v) is 4.95. The first kappa shape index (κ1) is 11.0. The van der Waals surface area contributed by atoms with E-state index >= 15 is 0 Å². The first-order valence-corrected chi connectivity index (χ1v) is 7.07. The second-order valence-electron chi connectivity index (χ2n) is 6.83. The van der Waals surface area contributed by atoms with Gasteiger partial charge in [-0.05, 0) is 38.2 Å². The third-order valence-electron chi connectivity index (χ3n) is 5.96. The van der Waals surface area contributed by atoms with Gasteiger partial charge in [0, 0.05) is 24.3 Å². The number of hydrogen-bond donors (Lipinski definition) is 0. The summed E-state index contributed by atoms with van der Waals surface area (Å²) in [5.41, 5.74) is 2.00. The van der Waals surface area contributed by atoms with Gasteiger partial charge in [-0.2, -0.15) is 0 Å². The highest BCUT2D eigenvalue weighted by molar-refractivity contribution is 5.91. The van der Waals surface area contributed by atoms with Gasteiger partial charge in [-0.15, -0.1) is 0 Å². The van der Waals surface area contributed by atoms with Crippen molar-refractivity contribution in [2.45, 2.75) is 63.8 Å². The summed E-state index contributed by atoms with van der Waals surface area (Å²) in [5, 5.41) is 0. The van der Waals surface area contributed by atoms with Crippen LogP contribution in [0, 0.1) is 11.8 Å². The van der Waals surface area contributed by atoms with Gasteiger partial charge in [0.2, 0.25) is 0 Å². The first-order valence-electron chi connectivity index (χ1n) is 7.07. The lowest BCUT2D eigenvalue weighted by molar-refractivity contribution is -0.315. The van der Waals surface area contributed by atoms with Crippen LogP contribution in [0.15, 0.2) is 11.1 Å². The second kappa shape index (κ2) is 3.01. The van der Waals surface area contributed by atoms with E-state index in [4.69, 9.17) is 9.47 Å². The molecular formula is C15H20O3. The molecule has 3 heterocycles. The Balaban J connectivity index is 1.81. The number of carbonyl (C=O) groups excluding carboxylic acids is 1. The highest BCUT2D eigenvalue weighted by Gasteiger charge is 2.70. The van der Waals surface area contributed by atoms with E-state index in [2.05, 4.69) is 13.8 Å². The fourth-order valence-electron chi connectivity index (χ4n) is 4.95. The third kappa shape index (κ3) is 1.04. The lowest BCUT2D eigenvalue weighted by Gasteiger charge is -2.59. The van der Waals surface area contributed by atoms with Gasteiger partial charge >= 0.3 is 5.97 Å². The molecule has 0 aromatic rings. The summed E-state index contributed by atoms with van der Waals surface area (Å²) >= 11 is 0. The predicted molar refractivity (Wildman–Crippen MR) is 65.9 cm³/mol. The molecule has 0 aromatic carbocycles. The number of esters is 1. The average Bonchev–Trinajstić information content (AvgIpc) is 2.61. The molecule has 3 heteroatoms. The van der Waals surface area contributed by atoms with Crippen LogP contribution in [-0.4, -0.2) is 23.3 Å². The number of rotatable bonds is 0. The van der Waals surface area contributed by atoms with Crippen LogP contribution in [0.4, 0.5) is 0 Å². The molecule has 0 aromatic heterocycles. The maximum atomic E-state index is 11.7. The number of carbonyl (C=O) groups is 1. The van der Waals surface area contributed by atoms with Crippen molar-refractivity contribution in [1.29, 1.82) is 0 Å². The Morgan fingerprint density at radius 1 is 1.33 bits per heavy atom. The predicted octanol–water partition coefficient (Wildman–Crippen LogP) is 2.60. The number of ether oxygens (including phenoxy) is 2. The van der Waals surface area contributed by atoms with Crippen molar-refractivity contribution in [1.82, 2.24) is 0 Å². The first-order chi connectivity index (χ1) is 8.46. The van der Waals surface area contributed by atoms with Gasteiger partial charge in [0.1, 0.15) is 6.10 Å². The Labute approximate surface area is 108 Å². The molecule has 1 aliphatic carbocycles. The lowest BCUT2D eigenvalue weighted by atomic mass is 9.67. The van der Waals surface area contributed by atoms with Crippen LogP contribution in [0.1, 0.15) is 46.5 Å². The van der Waals surface area contributed by atoms with Crippen LogP contribution in [0.5, 0.6) is 0 Å². The van der Waals surface area contributed by atoms with Crippen molar-refractivity contribution in [2.75, 3.05) is 0 Å². The van der Waals surface area contributed by atoms with Gasteiger partial charge in [-0.25, -0.2) is 4.79 Å². The van der Waals surface area contributed by atoms with E-state index in [1.54, 1.807) is 0 Å². The van der Waals surface area contributed by atoms with E-state index in [0.717, 1.165) is 18.4 Å². The Morgan fingerprint density at radius 2 is 2.11 bits per heavy atom. The molecule has 3 aliphatic heterocycles. The van der Waals surface area contributed by atoms with Gasteiger partial charge in [0.15, 0.2) is 0 Å². The second-order valence-corrected chi connectivity index (χ2v) is 6.83. The molecule has 2 bridgehead atoms. The van der Waals surface area contributed by atoms with E-state index in [1.165, 1.54) is 18.4 Å². The number of hydrogen-bond acceptors (Lipinski definition) is 3. The topological polar surface area (TPSA) is 35.5 Å². The largest absolute Gasteiger partial charge is 0.454 e. The molecule has 2 saturated heterocycles. The molecule has 3 nitrogen and oxygen atoms in total. The van der Waals surface area contributed by atoms with E-state index in [0.29, 0.717) is 11.8 Å². The highest BCUT2D eigenvalue weighted by atomic mass is 16.6. The van der Waals surface area contributed by atoms with Crippen molar-refractivity contribution in [3.05, 3.63) is 11.1 Å². The molecule has 4 rings (SSSR count). The Morgan fingerprint density at radius 3 is 2.89 bits per heavy atom. The van der Waals surface area contributed by atoms with Crippen LogP contribution < -0.4 is 0 Å². The summed E-state index contributed by atoms with van der Waals surface area (Å²) in [6.45, 7) is 6.42. The quantitative estimate of drug-likeness (QED) is 0.618. The van der Waals surface area contributed by atoms with Gasteiger partial charge < -0.3 is 9.47 Å². The van der Waals surface area contributed by atoms with Crippen LogP contribution in [-0.2, 0) is 14.3 Å². The summed E-state index contributed by atoms with van der Waals surface area (Å²) in [5.74, 6) is 1.15. The smallest absolute Gasteiger partial charge is 0.334 e. The van der Waals surface area contributed by atoms with Crippen LogP contribution in [0.3, 0.4) is 0 Å². The summed E-state index contributed by atoms with van der Waals surface area (Å²) in [6.07, 6.45) is 4.28. The molecule has 0 N–H and O–H groups in total. The zero-order valence-corrected chi connectivity index (χ0v) is 11.3. The Bertz CT molecular complexity index is 480. The van der Waals surface area contributed by atoms with Crippen molar-refractivity contribution in [2.24, 2.45) is 11.8 Å². The van der Waals surface area contributed by atoms with Gasteiger partial charge in [0.25, 0.3) is 0 Å². The van der Waals surface area contributed by atoms with Crippen molar-refractivity contribution >= 4 is 5.97 Å². The Kier molecular flexibility index (Phi) is 1.84. The number of fused-ring (bicyclic) bond motifs is 3. The van der Waals surface area contributed by atoms with Crippen molar-refractivity contribution in [3.8, 4) is 0 Å². The highest BCUT2D eigenvalue weighted by Crippen LogP contribution is 2.66. The van der Waals surface area contributed by atoms with Gasteiger partial charge in [-0.1, -0.05) is 6.92 Å². The minimum Gasteiger partial charge on any atom is -0.454 e. The van der Waals surface area contributed by atoms with E-state index in [-0.39, 0.29) is 23.3 Å². The average molecular weight is 248 g/mol. The molecule has 1 spiro atoms. The van der Waals surface area contributed by atoms with E-state index in [1.807, 2.05) is 6.92 Å². The van der Waals surface area contributed by atoms with E-state index in [9.17, 15) is 4.79 Å². The van der Waals surface area contributed by atoms with Crippen molar-refractivity contribution in [3.63, 3.8) is 0 Å². The SMILES string of the molecule is CC1=C2C[C@]34O[C@](C)(C[C@H]2OC1=O)[C@H]3CC[C@@H]4C. The van der Waals surface area contributed by atoms with Crippen LogP contribution in [0.2, 0.25) is 0 Å². The summed E-state index contributed by atoms with van der Waals surface area (Å²) in [7, 11) is 0.